The van der Waals surface area contributed by atoms with Gasteiger partial charge in [0, 0.05) is 9.58 Å². The SMILES string of the molecule is CC(C)(C)CCC(O)c1cc2ccccc2s1. The lowest BCUT2D eigenvalue weighted by Crippen LogP contribution is -2.07. The minimum Gasteiger partial charge on any atom is -0.388 e. The maximum atomic E-state index is 10.2. The van der Waals surface area contributed by atoms with Crippen LogP contribution in [-0.2, 0) is 0 Å². The third kappa shape index (κ3) is 3.30. The van der Waals surface area contributed by atoms with Crippen molar-refractivity contribution in [2.45, 2.75) is 39.7 Å². The summed E-state index contributed by atoms with van der Waals surface area (Å²) in [5.74, 6) is 0. The highest BCUT2D eigenvalue weighted by atomic mass is 32.1. The first-order valence-corrected chi connectivity index (χ1v) is 6.94. The first-order valence-electron chi connectivity index (χ1n) is 6.12. The smallest absolute Gasteiger partial charge is 0.0882 e. The van der Waals surface area contributed by atoms with Gasteiger partial charge in [-0.1, -0.05) is 39.0 Å². The summed E-state index contributed by atoms with van der Waals surface area (Å²) in [7, 11) is 0. The molecule has 1 atom stereocenters. The molecule has 0 aliphatic carbocycles. The number of hydrogen-bond acceptors (Lipinski definition) is 2. The highest BCUT2D eigenvalue weighted by Crippen LogP contribution is 2.33. The number of fused-ring (bicyclic) bond motifs is 1. The molecular formula is C15H20OS. The van der Waals surface area contributed by atoms with Crippen LogP contribution in [0.3, 0.4) is 0 Å². The van der Waals surface area contributed by atoms with Crippen molar-refractivity contribution in [1.29, 1.82) is 0 Å². The molecule has 0 bridgehead atoms. The van der Waals surface area contributed by atoms with Crippen molar-refractivity contribution in [3.05, 3.63) is 35.2 Å². The summed E-state index contributed by atoms with van der Waals surface area (Å²) in [6.07, 6.45) is 1.57. The van der Waals surface area contributed by atoms with E-state index in [2.05, 4.69) is 39.0 Å². The van der Waals surface area contributed by atoms with Crippen molar-refractivity contribution in [2.75, 3.05) is 0 Å². The third-order valence-electron chi connectivity index (χ3n) is 2.94. The van der Waals surface area contributed by atoms with E-state index < -0.39 is 0 Å². The molecule has 0 spiro atoms. The molecule has 1 unspecified atom stereocenters. The topological polar surface area (TPSA) is 20.2 Å². The van der Waals surface area contributed by atoms with Gasteiger partial charge in [0.2, 0.25) is 0 Å². The Morgan fingerprint density at radius 1 is 1.24 bits per heavy atom. The zero-order valence-corrected chi connectivity index (χ0v) is 11.6. The van der Waals surface area contributed by atoms with Crippen molar-refractivity contribution < 1.29 is 5.11 Å². The number of rotatable bonds is 3. The normalized spacial score (nSPS) is 14.1. The van der Waals surface area contributed by atoms with Crippen LogP contribution in [0.15, 0.2) is 30.3 Å². The summed E-state index contributed by atoms with van der Waals surface area (Å²) in [6, 6.07) is 10.4. The minimum atomic E-state index is -0.313. The van der Waals surface area contributed by atoms with Crippen LogP contribution in [0.25, 0.3) is 10.1 Å². The molecule has 0 saturated heterocycles. The van der Waals surface area contributed by atoms with E-state index in [4.69, 9.17) is 0 Å². The first-order chi connectivity index (χ1) is 7.96. The van der Waals surface area contributed by atoms with Gasteiger partial charge in [-0.2, -0.15) is 0 Å². The molecule has 1 aromatic carbocycles. The molecule has 1 nitrogen and oxygen atoms in total. The second-order valence-corrected chi connectivity index (χ2v) is 6.92. The predicted octanol–water partition coefficient (Wildman–Crippen LogP) is 4.76. The van der Waals surface area contributed by atoms with E-state index in [1.165, 1.54) is 10.1 Å². The third-order valence-corrected chi connectivity index (χ3v) is 4.16. The van der Waals surface area contributed by atoms with Gasteiger partial charge in [0.05, 0.1) is 6.10 Å². The van der Waals surface area contributed by atoms with Gasteiger partial charge in [0.15, 0.2) is 0 Å². The highest BCUT2D eigenvalue weighted by molar-refractivity contribution is 7.19. The molecule has 2 heteroatoms. The molecule has 1 aromatic heterocycles. The standard InChI is InChI=1S/C15H20OS/c1-15(2,3)9-8-12(16)14-10-11-6-4-5-7-13(11)17-14/h4-7,10,12,16H,8-9H2,1-3H3. The Kier molecular flexibility index (Phi) is 3.55. The van der Waals surface area contributed by atoms with Gasteiger partial charge in [0.1, 0.15) is 0 Å². The molecule has 92 valence electrons. The summed E-state index contributed by atoms with van der Waals surface area (Å²) >= 11 is 1.71. The van der Waals surface area contributed by atoms with Crippen molar-refractivity contribution in [3.8, 4) is 0 Å². The van der Waals surface area contributed by atoms with Crippen molar-refractivity contribution >= 4 is 21.4 Å². The largest absolute Gasteiger partial charge is 0.388 e. The molecule has 0 aliphatic heterocycles. The number of benzene rings is 1. The molecule has 17 heavy (non-hydrogen) atoms. The molecule has 0 radical (unpaired) electrons. The van der Waals surface area contributed by atoms with Crippen LogP contribution in [0, 0.1) is 5.41 Å². The Bertz CT molecular complexity index is 460. The van der Waals surface area contributed by atoms with Crippen LogP contribution >= 0.6 is 11.3 Å². The minimum absolute atomic E-state index is 0.289. The number of thiophene rings is 1. The summed E-state index contributed by atoms with van der Waals surface area (Å²) in [5, 5.41) is 11.4. The molecule has 2 aromatic rings. The molecule has 1 N–H and O–H groups in total. The van der Waals surface area contributed by atoms with Gasteiger partial charge in [-0.3, -0.25) is 0 Å². The first kappa shape index (κ1) is 12.6. The van der Waals surface area contributed by atoms with Crippen molar-refractivity contribution in [1.82, 2.24) is 0 Å². The van der Waals surface area contributed by atoms with E-state index >= 15 is 0 Å². The van der Waals surface area contributed by atoms with Gasteiger partial charge in [0.25, 0.3) is 0 Å². The Balaban J connectivity index is 2.11. The molecule has 0 aliphatic rings. The Labute approximate surface area is 107 Å². The molecular weight excluding hydrogens is 228 g/mol. The molecule has 0 amide bonds. The number of aliphatic hydroxyl groups excluding tert-OH is 1. The fraction of sp³-hybridized carbons (Fsp3) is 0.467. The maximum Gasteiger partial charge on any atom is 0.0882 e. The van der Waals surface area contributed by atoms with Crippen LogP contribution in [0.4, 0.5) is 0 Å². The maximum absolute atomic E-state index is 10.2. The molecule has 2 rings (SSSR count). The lowest BCUT2D eigenvalue weighted by Gasteiger charge is -2.19. The number of hydrogen-bond donors (Lipinski definition) is 1. The zero-order chi connectivity index (χ0) is 12.5. The second-order valence-electron chi connectivity index (χ2n) is 5.80. The zero-order valence-electron chi connectivity index (χ0n) is 10.7. The lowest BCUT2D eigenvalue weighted by molar-refractivity contribution is 0.151. The van der Waals surface area contributed by atoms with E-state index in [0.717, 1.165) is 17.7 Å². The lowest BCUT2D eigenvalue weighted by atomic mass is 9.89. The van der Waals surface area contributed by atoms with E-state index in [0.29, 0.717) is 0 Å². The summed E-state index contributed by atoms with van der Waals surface area (Å²) in [5.41, 5.74) is 0.289. The van der Waals surface area contributed by atoms with Crippen LogP contribution in [0.2, 0.25) is 0 Å². The van der Waals surface area contributed by atoms with Crippen molar-refractivity contribution in [2.24, 2.45) is 5.41 Å². The summed E-state index contributed by atoms with van der Waals surface area (Å²) in [4.78, 5) is 1.09. The molecule has 0 fully saturated rings. The van der Waals surface area contributed by atoms with Gasteiger partial charge in [-0.05, 0) is 35.8 Å². The quantitative estimate of drug-likeness (QED) is 0.830. The van der Waals surface area contributed by atoms with Crippen LogP contribution < -0.4 is 0 Å². The van der Waals surface area contributed by atoms with Crippen LogP contribution in [-0.4, -0.2) is 5.11 Å². The van der Waals surface area contributed by atoms with Crippen LogP contribution in [0.1, 0.15) is 44.6 Å². The van der Waals surface area contributed by atoms with Crippen LogP contribution in [0.5, 0.6) is 0 Å². The van der Waals surface area contributed by atoms with Crippen molar-refractivity contribution in [3.63, 3.8) is 0 Å². The monoisotopic (exact) mass is 248 g/mol. The predicted molar refractivity (Wildman–Crippen MR) is 75.5 cm³/mol. The van der Waals surface area contributed by atoms with E-state index in [9.17, 15) is 5.11 Å². The summed E-state index contributed by atoms with van der Waals surface area (Å²) < 4.78 is 1.26. The average molecular weight is 248 g/mol. The molecule has 0 saturated carbocycles. The summed E-state index contributed by atoms with van der Waals surface area (Å²) in [6.45, 7) is 6.64. The van der Waals surface area contributed by atoms with E-state index in [1.54, 1.807) is 11.3 Å². The number of aliphatic hydroxyl groups is 1. The van der Waals surface area contributed by atoms with Gasteiger partial charge in [-0.15, -0.1) is 11.3 Å². The van der Waals surface area contributed by atoms with Gasteiger partial charge >= 0.3 is 0 Å². The Hall–Kier alpha value is -0.860. The van der Waals surface area contributed by atoms with Gasteiger partial charge in [-0.25, -0.2) is 0 Å². The Morgan fingerprint density at radius 3 is 2.59 bits per heavy atom. The van der Waals surface area contributed by atoms with E-state index in [-0.39, 0.29) is 11.5 Å². The fourth-order valence-corrected chi connectivity index (χ4v) is 2.96. The van der Waals surface area contributed by atoms with E-state index in [1.807, 2.05) is 12.1 Å². The Morgan fingerprint density at radius 2 is 1.94 bits per heavy atom. The van der Waals surface area contributed by atoms with Gasteiger partial charge < -0.3 is 5.11 Å². The highest BCUT2D eigenvalue weighted by Gasteiger charge is 2.16. The molecule has 1 heterocycles. The second kappa shape index (κ2) is 4.79. The average Bonchev–Trinajstić information content (AvgIpc) is 2.68. The fourth-order valence-electron chi connectivity index (χ4n) is 1.88.